The highest BCUT2D eigenvalue weighted by molar-refractivity contribution is 6.03. The van der Waals surface area contributed by atoms with Crippen molar-refractivity contribution < 1.29 is 23.4 Å². The summed E-state index contributed by atoms with van der Waals surface area (Å²) < 4.78 is 29.1. The van der Waals surface area contributed by atoms with E-state index in [0.29, 0.717) is 34.3 Å². The molecule has 0 aliphatic rings. The average molecular weight is 397 g/mol. The Hall–Kier alpha value is -3.81. The smallest absolute Gasteiger partial charge is 0.274 e. The van der Waals surface area contributed by atoms with Crippen LogP contribution in [0.4, 0.5) is 21.5 Å². The number of nitrogens with one attached hydrogen (secondary N) is 2. The standard InChI is InChI=1S/C21H20FN3O4/c1-27-18-10-16(11-19(28-2)20(18)29-3)25-21(26)17-8-7-15(12-23-17)24-14-6-4-5-13(22)9-14/h4-12,24H,1-3H3,(H,25,26). The summed E-state index contributed by atoms with van der Waals surface area (Å²) >= 11 is 0. The van der Waals surface area contributed by atoms with Crippen LogP contribution in [-0.4, -0.2) is 32.2 Å². The monoisotopic (exact) mass is 397 g/mol. The van der Waals surface area contributed by atoms with Crippen LogP contribution in [0.5, 0.6) is 17.2 Å². The van der Waals surface area contributed by atoms with E-state index >= 15 is 0 Å². The van der Waals surface area contributed by atoms with Gasteiger partial charge < -0.3 is 24.8 Å². The maximum absolute atomic E-state index is 13.3. The van der Waals surface area contributed by atoms with Crippen molar-refractivity contribution in [1.82, 2.24) is 4.98 Å². The molecule has 3 rings (SSSR count). The number of nitrogens with zero attached hydrogens (tertiary/aromatic N) is 1. The van der Waals surface area contributed by atoms with E-state index < -0.39 is 5.91 Å². The summed E-state index contributed by atoms with van der Waals surface area (Å²) in [4.78, 5) is 16.7. The van der Waals surface area contributed by atoms with E-state index in [4.69, 9.17) is 14.2 Å². The topological polar surface area (TPSA) is 81.7 Å². The lowest BCUT2D eigenvalue weighted by molar-refractivity contribution is 0.102. The molecule has 0 unspecified atom stereocenters. The van der Waals surface area contributed by atoms with Crippen molar-refractivity contribution in [1.29, 1.82) is 0 Å². The Morgan fingerprint density at radius 3 is 2.17 bits per heavy atom. The molecule has 2 N–H and O–H groups in total. The third-order valence-electron chi connectivity index (χ3n) is 4.03. The molecule has 0 saturated heterocycles. The molecule has 2 aromatic carbocycles. The van der Waals surface area contributed by atoms with Gasteiger partial charge in [-0.1, -0.05) is 6.07 Å². The minimum atomic E-state index is -0.406. The maximum atomic E-state index is 13.3. The van der Waals surface area contributed by atoms with Gasteiger partial charge in [-0.15, -0.1) is 0 Å². The Labute approximate surface area is 167 Å². The zero-order valence-electron chi connectivity index (χ0n) is 16.2. The number of aromatic nitrogens is 1. The first-order valence-corrected chi connectivity index (χ1v) is 8.64. The van der Waals surface area contributed by atoms with Crippen LogP contribution in [0.3, 0.4) is 0 Å². The number of rotatable bonds is 7. The van der Waals surface area contributed by atoms with Crippen LogP contribution in [0.1, 0.15) is 10.5 Å². The van der Waals surface area contributed by atoms with Crippen LogP contribution in [0, 0.1) is 5.82 Å². The second kappa shape index (κ2) is 8.92. The highest BCUT2D eigenvalue weighted by Gasteiger charge is 2.15. The van der Waals surface area contributed by atoms with Crippen LogP contribution in [0.25, 0.3) is 0 Å². The number of hydrogen-bond donors (Lipinski definition) is 2. The molecular weight excluding hydrogens is 377 g/mol. The van der Waals surface area contributed by atoms with E-state index in [2.05, 4.69) is 15.6 Å². The fourth-order valence-corrected chi connectivity index (χ4v) is 2.68. The number of carbonyl (C=O) groups is 1. The number of anilines is 3. The summed E-state index contributed by atoms with van der Waals surface area (Å²) in [7, 11) is 4.49. The first kappa shape index (κ1) is 19.9. The van der Waals surface area contributed by atoms with Gasteiger partial charge in [-0.05, 0) is 30.3 Å². The number of amides is 1. The van der Waals surface area contributed by atoms with E-state index in [-0.39, 0.29) is 11.5 Å². The molecule has 29 heavy (non-hydrogen) atoms. The fraction of sp³-hybridized carbons (Fsp3) is 0.143. The predicted octanol–water partition coefficient (Wildman–Crippen LogP) is 4.24. The van der Waals surface area contributed by atoms with Gasteiger partial charge in [0.2, 0.25) is 5.75 Å². The number of hydrogen-bond acceptors (Lipinski definition) is 6. The van der Waals surface area contributed by atoms with Gasteiger partial charge in [0.1, 0.15) is 11.5 Å². The minimum absolute atomic E-state index is 0.212. The van der Waals surface area contributed by atoms with Gasteiger partial charge in [0.05, 0.1) is 33.2 Å². The molecule has 7 nitrogen and oxygen atoms in total. The number of halogens is 1. The Morgan fingerprint density at radius 1 is 0.897 bits per heavy atom. The van der Waals surface area contributed by atoms with Gasteiger partial charge in [0.15, 0.2) is 11.5 Å². The quantitative estimate of drug-likeness (QED) is 0.621. The Bertz CT molecular complexity index is 984. The molecule has 0 bridgehead atoms. The molecule has 0 spiro atoms. The zero-order chi connectivity index (χ0) is 20.8. The molecule has 0 aliphatic carbocycles. The van der Waals surface area contributed by atoms with Crippen molar-refractivity contribution in [2.45, 2.75) is 0 Å². The van der Waals surface area contributed by atoms with Gasteiger partial charge in [-0.25, -0.2) is 9.37 Å². The summed E-state index contributed by atoms with van der Waals surface area (Å²) in [5, 5.41) is 5.77. The summed E-state index contributed by atoms with van der Waals surface area (Å²) in [6, 6.07) is 12.6. The molecule has 150 valence electrons. The lowest BCUT2D eigenvalue weighted by Crippen LogP contribution is -2.14. The average Bonchev–Trinajstić information content (AvgIpc) is 2.73. The Balaban J connectivity index is 1.74. The molecule has 3 aromatic rings. The van der Waals surface area contributed by atoms with Gasteiger partial charge in [-0.2, -0.15) is 0 Å². The van der Waals surface area contributed by atoms with E-state index in [1.54, 1.807) is 36.4 Å². The SMILES string of the molecule is COc1cc(NC(=O)c2ccc(Nc3cccc(F)c3)cn2)cc(OC)c1OC. The van der Waals surface area contributed by atoms with Crippen LogP contribution in [0.2, 0.25) is 0 Å². The molecule has 8 heteroatoms. The molecular formula is C21H20FN3O4. The van der Waals surface area contributed by atoms with E-state index in [0.717, 1.165) is 0 Å². The molecule has 1 aromatic heterocycles. The van der Waals surface area contributed by atoms with Crippen LogP contribution in [-0.2, 0) is 0 Å². The van der Waals surface area contributed by atoms with Crippen LogP contribution >= 0.6 is 0 Å². The predicted molar refractivity (Wildman–Crippen MR) is 108 cm³/mol. The molecule has 0 atom stereocenters. The van der Waals surface area contributed by atoms with Crippen molar-refractivity contribution in [2.75, 3.05) is 32.0 Å². The second-order valence-corrected chi connectivity index (χ2v) is 5.94. The van der Waals surface area contributed by atoms with E-state index in [1.807, 2.05) is 0 Å². The fourth-order valence-electron chi connectivity index (χ4n) is 2.68. The summed E-state index contributed by atoms with van der Waals surface area (Å²) in [6.45, 7) is 0. The maximum Gasteiger partial charge on any atom is 0.274 e. The van der Waals surface area contributed by atoms with Gasteiger partial charge in [-0.3, -0.25) is 4.79 Å². The lowest BCUT2D eigenvalue weighted by atomic mass is 10.2. The summed E-state index contributed by atoms with van der Waals surface area (Å²) in [5.74, 6) is 0.522. The zero-order valence-corrected chi connectivity index (χ0v) is 16.2. The molecule has 0 saturated carbocycles. The molecule has 0 radical (unpaired) electrons. The van der Waals surface area contributed by atoms with E-state index in [1.165, 1.54) is 39.7 Å². The largest absolute Gasteiger partial charge is 0.493 e. The van der Waals surface area contributed by atoms with Crippen molar-refractivity contribution in [3.63, 3.8) is 0 Å². The van der Waals surface area contributed by atoms with Gasteiger partial charge in [0.25, 0.3) is 5.91 Å². The highest BCUT2D eigenvalue weighted by Crippen LogP contribution is 2.40. The first-order chi connectivity index (χ1) is 14.0. The number of benzene rings is 2. The van der Waals surface area contributed by atoms with Crippen molar-refractivity contribution in [3.05, 3.63) is 66.2 Å². The Kier molecular flexibility index (Phi) is 6.13. The summed E-state index contributed by atoms with van der Waals surface area (Å²) in [6.07, 6.45) is 1.50. The van der Waals surface area contributed by atoms with Gasteiger partial charge in [0, 0.05) is 23.5 Å². The second-order valence-electron chi connectivity index (χ2n) is 5.94. The molecule has 1 amide bonds. The lowest BCUT2D eigenvalue weighted by Gasteiger charge is -2.14. The highest BCUT2D eigenvalue weighted by atomic mass is 19.1. The van der Waals surface area contributed by atoms with Gasteiger partial charge >= 0.3 is 0 Å². The number of carbonyl (C=O) groups excluding carboxylic acids is 1. The normalized spacial score (nSPS) is 10.2. The minimum Gasteiger partial charge on any atom is -0.493 e. The van der Waals surface area contributed by atoms with Crippen LogP contribution < -0.4 is 24.8 Å². The number of methoxy groups -OCH3 is 3. The third-order valence-corrected chi connectivity index (χ3v) is 4.03. The molecule has 1 heterocycles. The van der Waals surface area contributed by atoms with Crippen molar-refractivity contribution in [2.24, 2.45) is 0 Å². The summed E-state index contributed by atoms with van der Waals surface area (Å²) in [5.41, 5.74) is 1.89. The van der Waals surface area contributed by atoms with Crippen molar-refractivity contribution >= 4 is 23.0 Å². The number of ether oxygens (including phenoxy) is 3. The van der Waals surface area contributed by atoms with Crippen LogP contribution in [0.15, 0.2) is 54.7 Å². The molecule has 0 fully saturated rings. The first-order valence-electron chi connectivity index (χ1n) is 8.64. The van der Waals surface area contributed by atoms with E-state index in [9.17, 15) is 9.18 Å². The van der Waals surface area contributed by atoms with Crippen molar-refractivity contribution in [3.8, 4) is 17.2 Å². The molecule has 0 aliphatic heterocycles. The third kappa shape index (κ3) is 4.73. The Morgan fingerprint density at radius 2 is 1.62 bits per heavy atom. The number of pyridine rings is 1.